The molecule has 1 aromatic carbocycles. The van der Waals surface area contributed by atoms with Gasteiger partial charge in [-0.05, 0) is 50.5 Å². The highest BCUT2D eigenvalue weighted by Gasteiger charge is 2.30. The fourth-order valence-corrected chi connectivity index (χ4v) is 3.61. The van der Waals surface area contributed by atoms with E-state index in [9.17, 15) is 9.18 Å². The summed E-state index contributed by atoms with van der Waals surface area (Å²) in [6.07, 6.45) is 3.31. The molecule has 0 saturated heterocycles. The highest BCUT2D eigenvalue weighted by atomic mass is 19.1. The molecule has 1 aliphatic rings. The number of carbonyl (C=O) groups excluding carboxylic acids is 1. The van der Waals surface area contributed by atoms with E-state index in [1.54, 1.807) is 12.1 Å². The molecule has 0 aliphatic carbocycles. The lowest BCUT2D eigenvalue weighted by molar-refractivity contribution is -0.117. The lowest BCUT2D eigenvalue weighted by atomic mass is 10.1. The molecule has 4 rings (SSSR count). The summed E-state index contributed by atoms with van der Waals surface area (Å²) >= 11 is 0. The van der Waals surface area contributed by atoms with E-state index in [0.717, 1.165) is 40.6 Å². The molecule has 1 aliphatic heterocycles. The minimum atomic E-state index is -0.272. The summed E-state index contributed by atoms with van der Waals surface area (Å²) in [4.78, 5) is 23.3. The summed E-state index contributed by atoms with van der Waals surface area (Å²) in [7, 11) is 1.88. The lowest BCUT2D eigenvalue weighted by Gasteiger charge is -2.32. The van der Waals surface area contributed by atoms with Crippen LogP contribution in [0, 0.1) is 19.7 Å². The third-order valence-corrected chi connectivity index (χ3v) is 5.73. The van der Waals surface area contributed by atoms with Gasteiger partial charge in [0.25, 0.3) is 0 Å². The molecule has 0 bridgehead atoms. The Morgan fingerprint density at radius 3 is 2.60 bits per heavy atom. The second kappa shape index (κ2) is 7.85. The zero-order valence-corrected chi connectivity index (χ0v) is 17.6. The van der Waals surface area contributed by atoms with E-state index in [0.29, 0.717) is 18.7 Å². The highest BCUT2D eigenvalue weighted by molar-refractivity contribution is 6.02. The first-order valence-electron chi connectivity index (χ1n) is 10.0. The normalized spacial score (nSPS) is 15.8. The van der Waals surface area contributed by atoms with Crippen molar-refractivity contribution in [2.45, 2.75) is 46.2 Å². The Hall–Kier alpha value is -3.29. The Balaban J connectivity index is 1.49. The van der Waals surface area contributed by atoms with Crippen LogP contribution in [0.15, 0.2) is 30.5 Å². The number of benzene rings is 1. The zero-order chi connectivity index (χ0) is 21.4. The molecule has 0 saturated carbocycles. The van der Waals surface area contributed by atoms with Gasteiger partial charge in [-0.1, -0.05) is 12.1 Å². The molecule has 0 spiro atoms. The Morgan fingerprint density at radius 1 is 1.13 bits per heavy atom. The number of halogens is 1. The lowest BCUT2D eigenvalue weighted by Crippen LogP contribution is -2.45. The molecule has 8 heteroatoms. The van der Waals surface area contributed by atoms with Gasteiger partial charge in [-0.3, -0.25) is 9.48 Å². The van der Waals surface area contributed by atoms with Gasteiger partial charge in [0.2, 0.25) is 5.91 Å². The summed E-state index contributed by atoms with van der Waals surface area (Å²) in [6, 6.07) is 6.20. The van der Waals surface area contributed by atoms with Gasteiger partial charge in [-0.15, -0.1) is 0 Å². The van der Waals surface area contributed by atoms with Crippen LogP contribution in [0.3, 0.4) is 0 Å². The Bertz CT molecular complexity index is 1090. The smallest absolute Gasteiger partial charge is 0.246 e. The number of hydrogen-bond acceptors (Lipinski definition) is 5. The van der Waals surface area contributed by atoms with Crippen molar-refractivity contribution < 1.29 is 9.18 Å². The maximum atomic E-state index is 13.1. The number of rotatable bonds is 5. The van der Waals surface area contributed by atoms with Crippen LogP contribution in [0.4, 0.5) is 15.9 Å². The first kappa shape index (κ1) is 20.0. The number of amides is 1. The summed E-state index contributed by atoms with van der Waals surface area (Å²) < 4.78 is 15.0. The number of hydrogen-bond donors (Lipinski definition) is 1. The Labute approximate surface area is 175 Å². The standard InChI is InChI=1S/C22H25FN6O/c1-13-20-21(28(4)15(3)22(30)27-20)26-19(25-13)10-7-17-11-24-29(14(17)2)12-16-5-8-18(23)9-6-16/h5-6,8-9,11,15H,7,10,12H2,1-4H3,(H,27,30)/t15-/m0/s1. The summed E-state index contributed by atoms with van der Waals surface area (Å²) in [5.41, 5.74) is 4.67. The van der Waals surface area contributed by atoms with Crippen molar-refractivity contribution in [2.75, 3.05) is 17.3 Å². The molecule has 0 fully saturated rings. The molecular formula is C22H25FN6O. The van der Waals surface area contributed by atoms with Crippen molar-refractivity contribution >= 4 is 17.4 Å². The molecule has 2 aromatic heterocycles. The van der Waals surface area contributed by atoms with Crippen LogP contribution in [0.25, 0.3) is 0 Å². The van der Waals surface area contributed by atoms with Gasteiger partial charge >= 0.3 is 0 Å². The second-order valence-electron chi connectivity index (χ2n) is 7.74. The van der Waals surface area contributed by atoms with Gasteiger partial charge in [0, 0.05) is 19.2 Å². The monoisotopic (exact) mass is 408 g/mol. The number of aryl methyl sites for hydroxylation is 3. The van der Waals surface area contributed by atoms with Gasteiger partial charge in [0.05, 0.1) is 18.4 Å². The zero-order valence-electron chi connectivity index (χ0n) is 17.6. The highest BCUT2D eigenvalue weighted by Crippen LogP contribution is 2.31. The predicted octanol–water partition coefficient (Wildman–Crippen LogP) is 3.04. The Morgan fingerprint density at radius 2 is 1.87 bits per heavy atom. The molecule has 3 heterocycles. The molecule has 1 atom stereocenters. The van der Waals surface area contributed by atoms with Crippen molar-refractivity contribution in [1.82, 2.24) is 19.7 Å². The van der Waals surface area contributed by atoms with Gasteiger partial charge < -0.3 is 10.2 Å². The van der Waals surface area contributed by atoms with E-state index >= 15 is 0 Å². The molecule has 7 nitrogen and oxygen atoms in total. The minimum Gasteiger partial charge on any atom is -0.346 e. The number of likely N-dealkylation sites (N-methyl/N-ethyl adjacent to an activating group) is 1. The van der Waals surface area contributed by atoms with Gasteiger partial charge in [-0.2, -0.15) is 5.10 Å². The van der Waals surface area contributed by atoms with Gasteiger partial charge in [0.1, 0.15) is 23.4 Å². The van der Waals surface area contributed by atoms with Gasteiger partial charge in [-0.25, -0.2) is 14.4 Å². The van der Waals surface area contributed by atoms with Gasteiger partial charge in [0.15, 0.2) is 5.82 Å². The maximum absolute atomic E-state index is 13.1. The fraction of sp³-hybridized carbons (Fsp3) is 0.364. The van der Waals surface area contributed by atoms with E-state index in [1.165, 1.54) is 12.1 Å². The number of aromatic nitrogens is 4. The largest absolute Gasteiger partial charge is 0.346 e. The van der Waals surface area contributed by atoms with Crippen LogP contribution in [0.5, 0.6) is 0 Å². The minimum absolute atomic E-state index is 0.0476. The summed E-state index contributed by atoms with van der Waals surface area (Å²) in [5, 5.41) is 7.40. The molecule has 1 N–H and O–H groups in total. The number of carbonyl (C=O) groups is 1. The van der Waals surface area contributed by atoms with E-state index in [2.05, 4.69) is 15.4 Å². The molecule has 3 aromatic rings. The molecule has 156 valence electrons. The third-order valence-electron chi connectivity index (χ3n) is 5.73. The number of fused-ring (bicyclic) bond motifs is 1. The third kappa shape index (κ3) is 3.77. The van der Waals surface area contributed by atoms with Crippen LogP contribution < -0.4 is 10.2 Å². The van der Waals surface area contributed by atoms with E-state index in [4.69, 9.17) is 4.98 Å². The first-order valence-corrected chi connectivity index (χ1v) is 10.0. The van der Waals surface area contributed by atoms with E-state index < -0.39 is 0 Å². The SMILES string of the molecule is Cc1nc(CCc2cnn(Cc3ccc(F)cc3)c2C)nc2c1NC(=O)[C@H](C)N2C. The van der Waals surface area contributed by atoms with Crippen molar-refractivity contribution in [3.8, 4) is 0 Å². The van der Waals surface area contributed by atoms with Crippen molar-refractivity contribution in [3.63, 3.8) is 0 Å². The summed E-state index contributed by atoms with van der Waals surface area (Å²) in [6.45, 7) is 6.38. The van der Waals surface area contributed by atoms with Crippen molar-refractivity contribution in [1.29, 1.82) is 0 Å². The Kier molecular flexibility index (Phi) is 5.24. The number of nitrogens with one attached hydrogen (secondary N) is 1. The number of anilines is 2. The van der Waals surface area contributed by atoms with E-state index in [1.807, 2.05) is 43.6 Å². The van der Waals surface area contributed by atoms with E-state index in [-0.39, 0.29) is 17.8 Å². The maximum Gasteiger partial charge on any atom is 0.246 e. The molecule has 30 heavy (non-hydrogen) atoms. The molecule has 1 amide bonds. The average molecular weight is 408 g/mol. The van der Waals surface area contributed by atoms with Crippen LogP contribution >= 0.6 is 0 Å². The second-order valence-corrected chi connectivity index (χ2v) is 7.74. The van der Waals surface area contributed by atoms with Crippen LogP contribution in [-0.2, 0) is 24.2 Å². The quantitative estimate of drug-likeness (QED) is 0.702. The average Bonchev–Trinajstić information content (AvgIpc) is 3.07. The van der Waals surface area contributed by atoms with Crippen LogP contribution in [0.2, 0.25) is 0 Å². The first-order chi connectivity index (χ1) is 14.3. The predicted molar refractivity (Wildman–Crippen MR) is 113 cm³/mol. The molecule has 0 unspecified atom stereocenters. The molecular weight excluding hydrogens is 383 g/mol. The summed E-state index contributed by atoms with van der Waals surface area (Å²) in [5.74, 6) is 1.21. The fourth-order valence-electron chi connectivity index (χ4n) is 3.61. The van der Waals surface area contributed by atoms with Crippen LogP contribution in [0.1, 0.15) is 35.3 Å². The van der Waals surface area contributed by atoms with Crippen molar-refractivity contribution in [2.24, 2.45) is 0 Å². The van der Waals surface area contributed by atoms with Crippen molar-refractivity contribution in [3.05, 3.63) is 64.6 Å². The number of nitrogens with zero attached hydrogens (tertiary/aromatic N) is 5. The topological polar surface area (TPSA) is 75.9 Å². The molecule has 0 radical (unpaired) electrons. The van der Waals surface area contributed by atoms with Crippen LogP contribution in [-0.4, -0.2) is 38.7 Å².